The van der Waals surface area contributed by atoms with Gasteiger partial charge in [0, 0.05) is 24.9 Å². The smallest absolute Gasteiger partial charge is 0.422 e. The van der Waals surface area contributed by atoms with E-state index >= 15 is 0 Å². The lowest BCUT2D eigenvalue weighted by Gasteiger charge is -2.11. The van der Waals surface area contributed by atoms with Crippen LogP contribution < -0.4 is 4.74 Å². The predicted octanol–water partition coefficient (Wildman–Crippen LogP) is 3.77. The van der Waals surface area contributed by atoms with Crippen molar-refractivity contribution in [2.45, 2.75) is 38.3 Å². The minimum Gasteiger partial charge on any atom is -0.454 e. The maximum Gasteiger partial charge on any atom is 0.422 e. The van der Waals surface area contributed by atoms with E-state index in [0.717, 1.165) is 23.3 Å². The standard InChI is InChI=1S/C21H20F3N7O/c1-11-25-12(2)31(29-11)18-9-16(27-20(28-18)32-10-21(22,23)24)13-8-14(13)19-26-15-6-4-5-7-17(15)30(19)3/h4-7,9,13-14H,8,10H2,1-3H3/t13-,14-/m0/s1. The first kappa shape index (κ1) is 20.4. The highest BCUT2D eigenvalue weighted by molar-refractivity contribution is 5.76. The Morgan fingerprint density at radius 3 is 2.53 bits per heavy atom. The zero-order valence-corrected chi connectivity index (χ0v) is 17.6. The molecule has 0 spiro atoms. The van der Waals surface area contributed by atoms with Gasteiger partial charge >= 0.3 is 12.2 Å². The third-order valence-electron chi connectivity index (χ3n) is 5.49. The van der Waals surface area contributed by atoms with Crippen LogP contribution in [0.15, 0.2) is 30.3 Å². The molecule has 4 aromatic rings. The van der Waals surface area contributed by atoms with Crippen LogP contribution in [-0.2, 0) is 7.05 Å². The number of alkyl halides is 3. The molecule has 0 N–H and O–H groups in total. The van der Waals surface area contributed by atoms with Crippen LogP contribution in [0.2, 0.25) is 0 Å². The highest BCUT2D eigenvalue weighted by atomic mass is 19.4. The summed E-state index contributed by atoms with van der Waals surface area (Å²) in [5.41, 5.74) is 2.53. The van der Waals surface area contributed by atoms with Crippen molar-refractivity contribution in [1.29, 1.82) is 0 Å². The van der Waals surface area contributed by atoms with Gasteiger partial charge in [0.2, 0.25) is 0 Å². The molecule has 32 heavy (non-hydrogen) atoms. The number of imidazole rings is 1. The molecule has 3 heterocycles. The van der Waals surface area contributed by atoms with Crippen molar-refractivity contribution in [1.82, 2.24) is 34.3 Å². The van der Waals surface area contributed by atoms with Crippen molar-refractivity contribution in [3.8, 4) is 11.8 Å². The van der Waals surface area contributed by atoms with Crippen molar-refractivity contribution in [3.63, 3.8) is 0 Å². The third kappa shape index (κ3) is 3.78. The largest absolute Gasteiger partial charge is 0.454 e. The molecule has 0 radical (unpaired) electrons. The van der Waals surface area contributed by atoms with E-state index in [1.54, 1.807) is 19.9 Å². The van der Waals surface area contributed by atoms with Crippen molar-refractivity contribution < 1.29 is 17.9 Å². The number of fused-ring (bicyclic) bond motifs is 1. The molecular formula is C21H20F3N7O. The molecule has 0 bridgehead atoms. The predicted molar refractivity (Wildman–Crippen MR) is 109 cm³/mol. The van der Waals surface area contributed by atoms with Crippen molar-refractivity contribution in [3.05, 3.63) is 53.5 Å². The Morgan fingerprint density at radius 1 is 1.06 bits per heavy atom. The van der Waals surface area contributed by atoms with E-state index in [1.165, 1.54) is 4.68 Å². The molecule has 1 aliphatic carbocycles. The number of para-hydroxylation sites is 2. The van der Waals surface area contributed by atoms with Crippen LogP contribution in [0.3, 0.4) is 0 Å². The molecule has 1 aromatic carbocycles. The Kier molecular flexibility index (Phi) is 4.64. The molecule has 1 aliphatic rings. The van der Waals surface area contributed by atoms with Crippen LogP contribution in [-0.4, -0.2) is 47.1 Å². The Bertz CT molecular complexity index is 1310. The Morgan fingerprint density at radius 2 is 1.84 bits per heavy atom. The molecule has 2 atom stereocenters. The number of rotatable bonds is 5. The topological polar surface area (TPSA) is 83.5 Å². The SMILES string of the molecule is Cc1nc(C)n(-c2cc([C@H]3C[C@@H]3c3nc4ccccc4n3C)nc(OCC(F)(F)F)n2)n1. The first-order chi connectivity index (χ1) is 15.2. The second-order valence-electron chi connectivity index (χ2n) is 7.92. The normalized spacial score (nSPS) is 18.3. The number of benzene rings is 1. The summed E-state index contributed by atoms with van der Waals surface area (Å²) in [6, 6.07) is 9.25. The summed E-state index contributed by atoms with van der Waals surface area (Å²) in [5, 5.41) is 4.29. The fourth-order valence-corrected chi connectivity index (χ4v) is 3.98. The fourth-order valence-electron chi connectivity index (χ4n) is 3.98. The van der Waals surface area contributed by atoms with Crippen LogP contribution in [0.1, 0.15) is 41.4 Å². The Hall–Kier alpha value is -3.50. The summed E-state index contributed by atoms with van der Waals surface area (Å²) in [6.45, 7) is 2.01. The average Bonchev–Trinajstić information content (AvgIpc) is 3.37. The highest BCUT2D eigenvalue weighted by Gasteiger charge is 2.44. The molecule has 1 fully saturated rings. The summed E-state index contributed by atoms with van der Waals surface area (Å²) in [7, 11) is 1.96. The van der Waals surface area contributed by atoms with Gasteiger partial charge in [0.25, 0.3) is 0 Å². The lowest BCUT2D eigenvalue weighted by atomic mass is 10.2. The molecule has 8 nitrogen and oxygen atoms in total. The van der Waals surface area contributed by atoms with E-state index in [1.807, 2.05) is 35.9 Å². The van der Waals surface area contributed by atoms with Crippen molar-refractivity contribution in [2.24, 2.45) is 7.05 Å². The summed E-state index contributed by atoms with van der Waals surface area (Å²) in [6.07, 6.45) is -3.71. The van der Waals surface area contributed by atoms with Gasteiger partial charge in [-0.3, -0.25) is 0 Å². The van der Waals surface area contributed by atoms with Gasteiger partial charge in [-0.25, -0.2) is 9.97 Å². The third-order valence-corrected chi connectivity index (χ3v) is 5.49. The van der Waals surface area contributed by atoms with Crippen LogP contribution >= 0.6 is 0 Å². The van der Waals surface area contributed by atoms with Gasteiger partial charge in [0.05, 0.1) is 16.7 Å². The van der Waals surface area contributed by atoms with Gasteiger partial charge in [0.15, 0.2) is 12.4 Å². The van der Waals surface area contributed by atoms with E-state index in [2.05, 4.69) is 20.1 Å². The lowest BCUT2D eigenvalue weighted by molar-refractivity contribution is -0.154. The van der Waals surface area contributed by atoms with Crippen molar-refractivity contribution in [2.75, 3.05) is 6.61 Å². The molecule has 166 valence electrons. The molecule has 3 aromatic heterocycles. The molecule has 0 amide bonds. The van der Waals surface area contributed by atoms with Gasteiger partial charge in [0.1, 0.15) is 17.5 Å². The average molecular weight is 443 g/mol. The van der Waals surface area contributed by atoms with E-state index in [0.29, 0.717) is 23.2 Å². The first-order valence-corrected chi connectivity index (χ1v) is 10.1. The van der Waals surface area contributed by atoms with Crippen molar-refractivity contribution >= 4 is 11.0 Å². The van der Waals surface area contributed by atoms with Gasteiger partial charge in [-0.2, -0.15) is 27.8 Å². The summed E-state index contributed by atoms with van der Waals surface area (Å²) in [5.74, 6) is 2.43. The summed E-state index contributed by atoms with van der Waals surface area (Å²) >= 11 is 0. The Labute approximate surface area is 181 Å². The van der Waals surface area contributed by atoms with E-state index < -0.39 is 12.8 Å². The lowest BCUT2D eigenvalue weighted by Crippen LogP contribution is -2.20. The zero-order chi connectivity index (χ0) is 22.6. The molecule has 5 rings (SSSR count). The van der Waals surface area contributed by atoms with Gasteiger partial charge in [-0.05, 0) is 32.4 Å². The number of nitrogens with zero attached hydrogens (tertiary/aromatic N) is 7. The summed E-state index contributed by atoms with van der Waals surface area (Å²) in [4.78, 5) is 17.4. The van der Waals surface area contributed by atoms with Crippen LogP contribution in [0.25, 0.3) is 16.9 Å². The van der Waals surface area contributed by atoms with Crippen LogP contribution in [0, 0.1) is 13.8 Å². The maximum atomic E-state index is 12.7. The number of aryl methyl sites for hydroxylation is 3. The number of hydrogen-bond donors (Lipinski definition) is 0. The van der Waals surface area contributed by atoms with E-state index in [9.17, 15) is 13.2 Å². The Balaban J connectivity index is 1.50. The highest BCUT2D eigenvalue weighted by Crippen LogP contribution is 2.54. The fraction of sp³-hybridized carbons (Fsp3) is 0.381. The zero-order valence-electron chi connectivity index (χ0n) is 17.6. The minimum absolute atomic E-state index is 0.00887. The molecular weight excluding hydrogens is 423 g/mol. The van der Waals surface area contributed by atoms with Crippen LogP contribution in [0.5, 0.6) is 6.01 Å². The monoisotopic (exact) mass is 443 g/mol. The van der Waals surface area contributed by atoms with Gasteiger partial charge in [-0.1, -0.05) is 12.1 Å². The van der Waals surface area contributed by atoms with Gasteiger partial charge in [-0.15, -0.1) is 5.10 Å². The quantitative estimate of drug-likeness (QED) is 0.467. The van der Waals surface area contributed by atoms with E-state index in [4.69, 9.17) is 9.72 Å². The second-order valence-corrected chi connectivity index (χ2v) is 7.92. The molecule has 11 heteroatoms. The summed E-state index contributed by atoms with van der Waals surface area (Å²) < 4.78 is 46.6. The minimum atomic E-state index is -4.49. The molecule has 0 unspecified atom stereocenters. The second kappa shape index (κ2) is 7.28. The molecule has 0 aliphatic heterocycles. The first-order valence-electron chi connectivity index (χ1n) is 10.1. The molecule has 0 saturated heterocycles. The number of hydrogen-bond acceptors (Lipinski definition) is 6. The number of ether oxygens (including phenoxy) is 1. The maximum absolute atomic E-state index is 12.7. The van der Waals surface area contributed by atoms with E-state index in [-0.39, 0.29) is 17.8 Å². The van der Waals surface area contributed by atoms with Gasteiger partial charge < -0.3 is 9.30 Å². The molecule has 1 saturated carbocycles. The van der Waals surface area contributed by atoms with Crippen LogP contribution in [0.4, 0.5) is 13.2 Å². The number of halogens is 3. The number of aromatic nitrogens is 7.